The van der Waals surface area contributed by atoms with Gasteiger partial charge in [-0.05, 0) is 23.1 Å². The Balaban J connectivity index is 1.70. The molecule has 0 spiro atoms. The van der Waals surface area contributed by atoms with Crippen LogP contribution in [0.5, 0.6) is 5.75 Å². The molecule has 1 fully saturated rings. The molecule has 5 atom stereocenters. The summed E-state index contributed by atoms with van der Waals surface area (Å²) in [7, 11) is 1.45. The number of hydrogen-bond donors (Lipinski definition) is 3. The summed E-state index contributed by atoms with van der Waals surface area (Å²) < 4.78 is 42.5. The van der Waals surface area contributed by atoms with Gasteiger partial charge in [-0.15, -0.1) is 0 Å². The zero-order chi connectivity index (χ0) is 23.0. The van der Waals surface area contributed by atoms with Gasteiger partial charge in [0.1, 0.15) is 36.3 Å². The molecule has 0 aliphatic carbocycles. The van der Waals surface area contributed by atoms with Crippen LogP contribution in [0.1, 0.15) is 40.3 Å². The van der Waals surface area contributed by atoms with Crippen LogP contribution in [0.4, 0.5) is 8.78 Å². The van der Waals surface area contributed by atoms with Crippen LogP contribution < -0.4 is 4.74 Å². The lowest BCUT2D eigenvalue weighted by Gasteiger charge is -2.41. The van der Waals surface area contributed by atoms with Crippen molar-refractivity contribution in [3.05, 3.63) is 63.2 Å². The molecule has 2 aliphatic rings. The highest BCUT2D eigenvalue weighted by Crippen LogP contribution is 2.44. The Labute approximate surface area is 189 Å². The zero-order valence-electron chi connectivity index (χ0n) is 17.4. The number of aliphatic hydroxyl groups is 3. The average molecular weight is 471 g/mol. The highest BCUT2D eigenvalue weighted by Gasteiger charge is 2.45. The van der Waals surface area contributed by atoms with E-state index in [9.17, 15) is 24.1 Å². The first-order valence-corrected chi connectivity index (χ1v) is 10.7. The molecule has 2 heterocycles. The molecule has 0 amide bonds. The number of hydrogen-bond acceptors (Lipinski definition) is 6. The monoisotopic (exact) mass is 470 g/mol. The van der Waals surface area contributed by atoms with E-state index in [1.165, 1.54) is 19.2 Å². The summed E-state index contributed by atoms with van der Waals surface area (Å²) in [5.41, 5.74) is 2.77. The second-order valence-electron chi connectivity index (χ2n) is 8.09. The first kappa shape index (κ1) is 23.4. The van der Waals surface area contributed by atoms with E-state index in [0.29, 0.717) is 41.3 Å². The molecule has 174 valence electrons. The van der Waals surface area contributed by atoms with Gasteiger partial charge in [-0.25, -0.2) is 8.78 Å². The fourth-order valence-corrected chi connectivity index (χ4v) is 4.59. The summed E-state index contributed by atoms with van der Waals surface area (Å²) in [6, 6.07) is 7.77. The largest absolute Gasteiger partial charge is 0.491 e. The first-order chi connectivity index (χ1) is 15.3. The van der Waals surface area contributed by atoms with Gasteiger partial charge in [0, 0.05) is 24.7 Å². The number of rotatable bonds is 6. The van der Waals surface area contributed by atoms with E-state index in [1.807, 2.05) is 0 Å². The summed E-state index contributed by atoms with van der Waals surface area (Å²) in [5, 5.41) is 31.7. The van der Waals surface area contributed by atoms with Gasteiger partial charge in [0.2, 0.25) is 0 Å². The highest BCUT2D eigenvalue weighted by atomic mass is 35.5. The fourth-order valence-electron chi connectivity index (χ4n) is 4.30. The third-order valence-electron chi connectivity index (χ3n) is 6.01. The van der Waals surface area contributed by atoms with Crippen LogP contribution >= 0.6 is 11.6 Å². The van der Waals surface area contributed by atoms with Gasteiger partial charge in [0.05, 0.1) is 18.2 Å². The first-order valence-electron chi connectivity index (χ1n) is 10.3. The molecular formula is C23H25ClF2O6. The molecule has 2 aromatic carbocycles. The van der Waals surface area contributed by atoms with Crippen molar-refractivity contribution in [1.82, 2.24) is 0 Å². The lowest BCUT2D eigenvalue weighted by Crippen LogP contribution is -2.55. The van der Waals surface area contributed by atoms with Crippen molar-refractivity contribution >= 4 is 11.6 Å². The minimum absolute atomic E-state index is 0.0388. The number of halogens is 3. The summed E-state index contributed by atoms with van der Waals surface area (Å²) in [4.78, 5) is 0. The number of methoxy groups -OCH3 is 1. The number of benzene rings is 2. The second kappa shape index (κ2) is 9.59. The van der Waals surface area contributed by atoms with Gasteiger partial charge in [0.25, 0.3) is 6.43 Å². The van der Waals surface area contributed by atoms with Gasteiger partial charge >= 0.3 is 0 Å². The van der Waals surface area contributed by atoms with Crippen LogP contribution in [0, 0.1) is 0 Å². The van der Waals surface area contributed by atoms with E-state index in [1.54, 1.807) is 18.2 Å². The topological polar surface area (TPSA) is 88.4 Å². The Bertz CT molecular complexity index is 954. The molecule has 0 saturated carbocycles. The Morgan fingerprint density at radius 2 is 1.84 bits per heavy atom. The van der Waals surface area contributed by atoms with Crippen molar-refractivity contribution < 1.29 is 38.3 Å². The van der Waals surface area contributed by atoms with Crippen LogP contribution in [0.25, 0.3) is 0 Å². The molecule has 6 nitrogen and oxygen atoms in total. The minimum atomic E-state index is -2.54. The van der Waals surface area contributed by atoms with Crippen LogP contribution in [-0.4, -0.2) is 60.1 Å². The lowest BCUT2D eigenvalue weighted by atomic mass is 9.87. The standard InChI is InChI=1S/C23H25ClF2O6/c1-30-10-16-18(27)19(28)20(29)22(32-16)15-9-13(17(24)21-14(15)6-7-31-21)8-11-2-4-12(5-3-11)23(25)26/h2-5,9,16,18-20,22-23,27-29H,6-8,10H2,1H3/t16-,18-,19+,20-,22+/m1/s1. The summed E-state index contributed by atoms with van der Waals surface area (Å²) >= 11 is 6.61. The molecule has 9 heteroatoms. The lowest BCUT2D eigenvalue weighted by molar-refractivity contribution is -0.233. The van der Waals surface area contributed by atoms with E-state index in [4.69, 9.17) is 25.8 Å². The Kier molecular flexibility index (Phi) is 7.00. The Morgan fingerprint density at radius 3 is 2.50 bits per heavy atom. The van der Waals surface area contributed by atoms with E-state index in [0.717, 1.165) is 11.1 Å². The maximum Gasteiger partial charge on any atom is 0.263 e. The molecule has 1 saturated heterocycles. The molecular weight excluding hydrogens is 446 g/mol. The highest BCUT2D eigenvalue weighted by molar-refractivity contribution is 6.33. The van der Waals surface area contributed by atoms with Crippen molar-refractivity contribution in [2.75, 3.05) is 20.3 Å². The zero-order valence-corrected chi connectivity index (χ0v) is 18.1. The third-order valence-corrected chi connectivity index (χ3v) is 6.42. The molecule has 2 aliphatic heterocycles. The van der Waals surface area contributed by atoms with Crippen molar-refractivity contribution in [2.24, 2.45) is 0 Å². The molecule has 0 aromatic heterocycles. The van der Waals surface area contributed by atoms with Gasteiger partial charge in [0.15, 0.2) is 0 Å². The van der Waals surface area contributed by atoms with E-state index in [2.05, 4.69) is 0 Å². The van der Waals surface area contributed by atoms with Crippen molar-refractivity contribution in [3.63, 3.8) is 0 Å². The van der Waals surface area contributed by atoms with Crippen molar-refractivity contribution in [3.8, 4) is 5.75 Å². The van der Waals surface area contributed by atoms with Crippen LogP contribution in [-0.2, 0) is 22.3 Å². The predicted molar refractivity (Wildman–Crippen MR) is 112 cm³/mol. The summed E-state index contributed by atoms with van der Waals surface area (Å²) in [6.07, 6.45) is -7.50. The Hall–Kier alpha value is -1.81. The van der Waals surface area contributed by atoms with Gasteiger partial charge in [-0.3, -0.25) is 0 Å². The van der Waals surface area contributed by atoms with Gasteiger partial charge in [-0.1, -0.05) is 41.9 Å². The normalized spacial score (nSPS) is 27.4. The molecule has 3 N–H and O–H groups in total. The average Bonchev–Trinajstić information content (AvgIpc) is 3.27. The maximum absolute atomic E-state index is 12.9. The van der Waals surface area contributed by atoms with E-state index < -0.39 is 36.9 Å². The van der Waals surface area contributed by atoms with Gasteiger partial charge in [-0.2, -0.15) is 0 Å². The molecule has 0 bridgehead atoms. The van der Waals surface area contributed by atoms with Gasteiger partial charge < -0.3 is 29.5 Å². The molecule has 32 heavy (non-hydrogen) atoms. The quantitative estimate of drug-likeness (QED) is 0.601. The van der Waals surface area contributed by atoms with Crippen LogP contribution in [0.15, 0.2) is 30.3 Å². The van der Waals surface area contributed by atoms with E-state index >= 15 is 0 Å². The van der Waals surface area contributed by atoms with Crippen LogP contribution in [0.2, 0.25) is 5.02 Å². The molecule has 4 rings (SSSR count). The number of ether oxygens (including phenoxy) is 3. The maximum atomic E-state index is 12.9. The summed E-state index contributed by atoms with van der Waals surface area (Å²) in [6.45, 7) is 0.446. The molecule has 0 radical (unpaired) electrons. The number of alkyl halides is 2. The third kappa shape index (κ3) is 4.35. The van der Waals surface area contributed by atoms with Crippen molar-refractivity contribution in [1.29, 1.82) is 0 Å². The molecule has 2 aromatic rings. The number of aliphatic hydroxyl groups excluding tert-OH is 3. The Morgan fingerprint density at radius 1 is 1.12 bits per heavy atom. The number of fused-ring (bicyclic) bond motifs is 1. The van der Waals surface area contributed by atoms with Crippen LogP contribution in [0.3, 0.4) is 0 Å². The van der Waals surface area contributed by atoms with Crippen molar-refractivity contribution in [2.45, 2.75) is 49.8 Å². The minimum Gasteiger partial charge on any atom is -0.491 e. The SMILES string of the molecule is COC[C@H]1O[C@@H](c2cc(Cc3ccc(C(F)F)cc3)c(Cl)c3c2CCO3)[C@H](O)[C@@H](O)[C@@H]1O. The fraction of sp³-hybridized carbons (Fsp3) is 0.478. The van der Waals surface area contributed by atoms with E-state index in [-0.39, 0.29) is 12.2 Å². The predicted octanol–water partition coefficient (Wildman–Crippen LogP) is 2.97. The summed E-state index contributed by atoms with van der Waals surface area (Å²) in [5.74, 6) is 0.489. The molecule has 0 unspecified atom stereocenters. The second-order valence-corrected chi connectivity index (χ2v) is 8.46. The smallest absolute Gasteiger partial charge is 0.263 e.